The van der Waals surface area contributed by atoms with Gasteiger partial charge in [0.15, 0.2) is 0 Å². The number of rotatable bonds is 17. The standard InChI is InChI=1S/C36H46N2O8/c1-22(2)19-43-14-15-44-31-16-26(9-8-25(31)7)34(39)37-29-12-10-27(17-32(29)45-20-23(3)4)35(40)38-30-13-11-28(36(41)42)18-33(30)46-21-24(5)6/h8-13,16-18,22-24H,14-15,19-21H2,1-7H3,(H,37,39)(H,38,40)(H,41,42). The molecule has 10 heteroatoms. The molecule has 0 atom stereocenters. The van der Waals surface area contributed by atoms with E-state index in [1.807, 2.05) is 40.7 Å². The van der Waals surface area contributed by atoms with Gasteiger partial charge < -0.3 is 34.7 Å². The first kappa shape index (κ1) is 35.9. The van der Waals surface area contributed by atoms with Crippen molar-refractivity contribution in [2.45, 2.75) is 48.5 Å². The second kappa shape index (κ2) is 17.2. The van der Waals surface area contributed by atoms with Crippen molar-refractivity contribution in [2.75, 3.05) is 43.7 Å². The predicted octanol–water partition coefficient (Wildman–Crippen LogP) is 7.32. The minimum Gasteiger partial charge on any atom is -0.491 e. The Kier molecular flexibility index (Phi) is 13.4. The van der Waals surface area contributed by atoms with E-state index in [0.29, 0.717) is 67.4 Å². The van der Waals surface area contributed by atoms with E-state index in [9.17, 15) is 19.5 Å². The van der Waals surface area contributed by atoms with Crippen molar-refractivity contribution in [1.82, 2.24) is 0 Å². The quantitative estimate of drug-likeness (QED) is 0.132. The highest BCUT2D eigenvalue weighted by Crippen LogP contribution is 2.31. The third kappa shape index (κ3) is 11.1. The second-order valence-corrected chi connectivity index (χ2v) is 12.3. The predicted molar refractivity (Wildman–Crippen MR) is 179 cm³/mol. The molecule has 10 nitrogen and oxygen atoms in total. The minimum atomic E-state index is -1.10. The van der Waals surface area contributed by atoms with Crippen LogP contribution in [0.4, 0.5) is 11.4 Å². The largest absolute Gasteiger partial charge is 0.491 e. The third-order valence-corrected chi connectivity index (χ3v) is 6.50. The minimum absolute atomic E-state index is 0.0455. The lowest BCUT2D eigenvalue weighted by atomic mass is 10.1. The summed E-state index contributed by atoms with van der Waals surface area (Å²) in [6.45, 7) is 16.2. The number of carbonyl (C=O) groups excluding carboxylic acids is 2. The number of hydrogen-bond acceptors (Lipinski definition) is 7. The van der Waals surface area contributed by atoms with Gasteiger partial charge in [0.1, 0.15) is 23.9 Å². The van der Waals surface area contributed by atoms with Crippen molar-refractivity contribution in [3.05, 3.63) is 76.9 Å². The zero-order valence-corrected chi connectivity index (χ0v) is 27.8. The van der Waals surface area contributed by atoms with Crippen LogP contribution in [-0.4, -0.2) is 55.9 Å². The molecular weight excluding hydrogens is 588 g/mol. The van der Waals surface area contributed by atoms with Crippen molar-refractivity contribution in [3.63, 3.8) is 0 Å². The van der Waals surface area contributed by atoms with Crippen LogP contribution in [0.25, 0.3) is 0 Å². The van der Waals surface area contributed by atoms with Crippen LogP contribution < -0.4 is 24.8 Å². The number of hydrogen-bond donors (Lipinski definition) is 3. The molecule has 0 aliphatic rings. The summed E-state index contributed by atoms with van der Waals surface area (Å²) in [5.74, 6) is 0.0798. The highest BCUT2D eigenvalue weighted by molar-refractivity contribution is 6.08. The molecule has 0 heterocycles. The van der Waals surface area contributed by atoms with E-state index in [1.54, 1.807) is 30.3 Å². The molecule has 0 aromatic heterocycles. The lowest BCUT2D eigenvalue weighted by Crippen LogP contribution is -2.17. The number of carboxylic acid groups (broad SMARTS) is 1. The number of carboxylic acids is 1. The van der Waals surface area contributed by atoms with Crippen LogP contribution in [0.1, 0.15) is 78.2 Å². The Morgan fingerprint density at radius 1 is 0.609 bits per heavy atom. The van der Waals surface area contributed by atoms with Gasteiger partial charge in [-0.05, 0) is 78.8 Å². The molecule has 248 valence electrons. The molecule has 0 aliphatic carbocycles. The van der Waals surface area contributed by atoms with Gasteiger partial charge >= 0.3 is 5.97 Å². The summed E-state index contributed by atoms with van der Waals surface area (Å²) in [7, 11) is 0. The molecule has 0 fully saturated rings. The average Bonchev–Trinajstić information content (AvgIpc) is 3.00. The summed E-state index contributed by atoms with van der Waals surface area (Å²) in [4.78, 5) is 38.2. The molecule has 3 aromatic carbocycles. The number of ether oxygens (including phenoxy) is 4. The van der Waals surface area contributed by atoms with Crippen LogP contribution >= 0.6 is 0 Å². The maximum atomic E-state index is 13.3. The molecule has 0 saturated carbocycles. The molecule has 3 aromatic rings. The Balaban J connectivity index is 1.80. The van der Waals surface area contributed by atoms with Gasteiger partial charge in [0.25, 0.3) is 11.8 Å². The molecule has 0 saturated heterocycles. The molecule has 2 amide bonds. The summed E-state index contributed by atoms with van der Waals surface area (Å²) >= 11 is 0. The number of aromatic carboxylic acids is 1. The molecule has 0 spiro atoms. The summed E-state index contributed by atoms with van der Waals surface area (Å²) < 4.78 is 23.3. The van der Waals surface area contributed by atoms with Crippen molar-refractivity contribution >= 4 is 29.2 Å². The van der Waals surface area contributed by atoms with E-state index in [0.717, 1.165) is 5.56 Å². The van der Waals surface area contributed by atoms with Crippen LogP contribution in [0.2, 0.25) is 0 Å². The number of amides is 2. The maximum absolute atomic E-state index is 13.3. The SMILES string of the molecule is Cc1ccc(C(=O)Nc2ccc(C(=O)Nc3ccc(C(=O)O)cc3OCC(C)C)cc2OCC(C)C)cc1OCCOCC(C)C. The summed E-state index contributed by atoms with van der Waals surface area (Å²) in [5.41, 5.74) is 2.36. The molecule has 0 radical (unpaired) electrons. The Hall–Kier alpha value is -4.57. The fourth-order valence-corrected chi connectivity index (χ4v) is 4.09. The van der Waals surface area contributed by atoms with E-state index in [1.165, 1.54) is 18.2 Å². The Morgan fingerprint density at radius 3 is 1.57 bits per heavy atom. The van der Waals surface area contributed by atoms with Gasteiger partial charge in [-0.15, -0.1) is 0 Å². The second-order valence-electron chi connectivity index (χ2n) is 12.3. The number of anilines is 2. The number of benzene rings is 3. The first-order valence-electron chi connectivity index (χ1n) is 15.5. The van der Waals surface area contributed by atoms with Crippen molar-refractivity contribution in [1.29, 1.82) is 0 Å². The lowest BCUT2D eigenvalue weighted by Gasteiger charge is -2.17. The van der Waals surface area contributed by atoms with Crippen molar-refractivity contribution < 1.29 is 38.4 Å². The molecule has 3 N–H and O–H groups in total. The first-order valence-corrected chi connectivity index (χ1v) is 15.5. The zero-order chi connectivity index (χ0) is 33.8. The van der Waals surface area contributed by atoms with Crippen molar-refractivity contribution in [3.8, 4) is 17.2 Å². The van der Waals surface area contributed by atoms with Gasteiger partial charge in [-0.25, -0.2) is 4.79 Å². The van der Waals surface area contributed by atoms with Crippen LogP contribution in [0.3, 0.4) is 0 Å². The first-order chi connectivity index (χ1) is 21.8. The van der Waals surface area contributed by atoms with Gasteiger partial charge in [-0.2, -0.15) is 0 Å². The Bertz CT molecular complexity index is 1500. The highest BCUT2D eigenvalue weighted by atomic mass is 16.5. The molecule has 3 rings (SSSR count). The molecular formula is C36H46N2O8. The van der Waals surface area contributed by atoms with Crippen LogP contribution in [0.5, 0.6) is 17.2 Å². The van der Waals surface area contributed by atoms with E-state index >= 15 is 0 Å². The molecule has 0 unspecified atom stereocenters. The van der Waals surface area contributed by atoms with E-state index in [4.69, 9.17) is 18.9 Å². The lowest BCUT2D eigenvalue weighted by molar-refractivity contribution is 0.0696. The monoisotopic (exact) mass is 634 g/mol. The zero-order valence-electron chi connectivity index (χ0n) is 27.8. The van der Waals surface area contributed by atoms with Crippen LogP contribution in [0, 0.1) is 24.7 Å². The van der Waals surface area contributed by atoms with Gasteiger partial charge in [0.05, 0.1) is 36.8 Å². The average molecular weight is 635 g/mol. The molecule has 0 aliphatic heterocycles. The van der Waals surface area contributed by atoms with Crippen molar-refractivity contribution in [2.24, 2.45) is 17.8 Å². The highest BCUT2D eigenvalue weighted by Gasteiger charge is 2.18. The Labute approximate surface area is 271 Å². The van der Waals surface area contributed by atoms with Gasteiger partial charge in [0, 0.05) is 17.7 Å². The summed E-state index contributed by atoms with van der Waals surface area (Å²) in [5, 5.41) is 15.1. The Morgan fingerprint density at radius 2 is 1.07 bits per heavy atom. The van der Waals surface area contributed by atoms with E-state index in [-0.39, 0.29) is 34.6 Å². The fraction of sp³-hybridized carbons (Fsp3) is 0.417. The smallest absolute Gasteiger partial charge is 0.335 e. The van der Waals surface area contributed by atoms with Gasteiger partial charge in [0.2, 0.25) is 0 Å². The maximum Gasteiger partial charge on any atom is 0.335 e. The van der Waals surface area contributed by atoms with Gasteiger partial charge in [-0.1, -0.05) is 47.6 Å². The third-order valence-electron chi connectivity index (χ3n) is 6.50. The fourth-order valence-electron chi connectivity index (χ4n) is 4.09. The number of nitrogens with one attached hydrogen (secondary N) is 2. The summed E-state index contributed by atoms with van der Waals surface area (Å²) in [6.07, 6.45) is 0. The van der Waals surface area contributed by atoms with Crippen LogP contribution in [0.15, 0.2) is 54.6 Å². The molecule has 46 heavy (non-hydrogen) atoms. The number of carbonyl (C=O) groups is 3. The topological polar surface area (TPSA) is 132 Å². The van der Waals surface area contributed by atoms with Gasteiger partial charge in [-0.3, -0.25) is 9.59 Å². The van der Waals surface area contributed by atoms with Crippen LogP contribution in [-0.2, 0) is 4.74 Å². The molecule has 0 bridgehead atoms. The van der Waals surface area contributed by atoms with E-state index < -0.39 is 11.9 Å². The number of aryl methyl sites for hydroxylation is 1. The normalized spacial score (nSPS) is 11.1. The summed E-state index contributed by atoms with van der Waals surface area (Å²) in [6, 6.07) is 14.3. The van der Waals surface area contributed by atoms with E-state index in [2.05, 4.69) is 24.5 Å².